The predicted molar refractivity (Wildman–Crippen MR) is 92.5 cm³/mol. The molecule has 3 N–H and O–H groups in total. The maximum atomic E-state index is 12.1. The summed E-state index contributed by atoms with van der Waals surface area (Å²) in [6.07, 6.45) is 7.31. The van der Waals surface area contributed by atoms with Crippen LogP contribution in [-0.4, -0.2) is 19.0 Å². The van der Waals surface area contributed by atoms with Crippen LogP contribution in [0.5, 0.6) is 0 Å². The van der Waals surface area contributed by atoms with Crippen molar-refractivity contribution >= 4 is 41.3 Å². The zero-order valence-corrected chi connectivity index (χ0v) is 14.6. The fourth-order valence-corrected chi connectivity index (χ4v) is 4.06. The quantitative estimate of drug-likeness (QED) is 0.819. The molecule has 0 atom stereocenters. The summed E-state index contributed by atoms with van der Waals surface area (Å²) < 4.78 is 0.801. The first kappa shape index (κ1) is 18.8. The minimum absolute atomic E-state index is 0. The van der Waals surface area contributed by atoms with Gasteiger partial charge >= 0.3 is 0 Å². The lowest BCUT2D eigenvalue weighted by atomic mass is 9.71. The average molecular weight is 351 g/mol. The molecule has 1 aliphatic rings. The Hall–Kier alpha value is -0.290. The zero-order chi connectivity index (χ0) is 14.4. The number of thiophene rings is 1. The van der Waals surface area contributed by atoms with Gasteiger partial charge in [0, 0.05) is 17.8 Å². The second-order valence-corrected chi connectivity index (χ2v) is 7.55. The van der Waals surface area contributed by atoms with Crippen LogP contribution in [-0.2, 0) is 11.2 Å². The molecule has 3 nitrogen and oxygen atoms in total. The molecule has 1 fully saturated rings. The number of nitrogens with two attached hydrogens (primary N) is 1. The highest BCUT2D eigenvalue weighted by molar-refractivity contribution is 7.16. The van der Waals surface area contributed by atoms with Gasteiger partial charge in [-0.2, -0.15) is 0 Å². The second kappa shape index (κ2) is 8.99. The van der Waals surface area contributed by atoms with Crippen molar-refractivity contribution in [3.05, 3.63) is 21.3 Å². The highest BCUT2D eigenvalue weighted by Crippen LogP contribution is 2.38. The third-order valence-corrected chi connectivity index (χ3v) is 5.50. The number of amides is 1. The number of rotatable bonds is 6. The monoisotopic (exact) mass is 350 g/mol. The van der Waals surface area contributed by atoms with Gasteiger partial charge in [-0.05, 0) is 43.4 Å². The topological polar surface area (TPSA) is 55.1 Å². The van der Waals surface area contributed by atoms with E-state index in [-0.39, 0.29) is 23.7 Å². The highest BCUT2D eigenvalue weighted by Gasteiger charge is 2.32. The van der Waals surface area contributed by atoms with Crippen LogP contribution in [0, 0.1) is 5.41 Å². The number of nitrogens with one attached hydrogen (secondary N) is 1. The van der Waals surface area contributed by atoms with E-state index in [4.69, 9.17) is 17.3 Å². The number of hydrogen-bond acceptors (Lipinski definition) is 3. The van der Waals surface area contributed by atoms with E-state index in [1.54, 1.807) is 11.3 Å². The molecule has 1 aromatic rings. The summed E-state index contributed by atoms with van der Waals surface area (Å²) in [4.78, 5) is 13.3. The van der Waals surface area contributed by atoms with E-state index in [0.717, 1.165) is 23.6 Å². The molecule has 0 unspecified atom stereocenters. The predicted octanol–water partition coefficient (Wildman–Crippen LogP) is 3.78. The molecular formula is C15H24Cl2N2OS. The fraction of sp³-hybridized carbons (Fsp3) is 0.667. The summed E-state index contributed by atoms with van der Waals surface area (Å²) in [7, 11) is 0. The van der Waals surface area contributed by atoms with E-state index in [2.05, 4.69) is 5.32 Å². The van der Waals surface area contributed by atoms with Crippen LogP contribution < -0.4 is 11.1 Å². The molecule has 1 saturated carbocycles. The smallest absolute Gasteiger partial charge is 0.220 e. The fourth-order valence-electron chi connectivity index (χ4n) is 2.97. The molecule has 0 aliphatic heterocycles. The molecule has 6 heteroatoms. The van der Waals surface area contributed by atoms with E-state index in [9.17, 15) is 4.79 Å². The van der Waals surface area contributed by atoms with Crippen molar-refractivity contribution in [1.29, 1.82) is 0 Å². The van der Waals surface area contributed by atoms with Crippen molar-refractivity contribution in [2.24, 2.45) is 11.1 Å². The number of carbonyl (C=O) groups is 1. The summed E-state index contributed by atoms with van der Waals surface area (Å²) in [5.74, 6) is 0.139. The molecule has 1 heterocycles. The van der Waals surface area contributed by atoms with E-state index >= 15 is 0 Å². The van der Waals surface area contributed by atoms with Crippen molar-refractivity contribution in [2.75, 3.05) is 13.1 Å². The lowest BCUT2D eigenvalue weighted by molar-refractivity contribution is -0.123. The number of halogens is 2. The van der Waals surface area contributed by atoms with Crippen LogP contribution in [0.1, 0.15) is 43.4 Å². The lowest BCUT2D eigenvalue weighted by Crippen LogP contribution is -2.39. The first-order valence-electron chi connectivity index (χ1n) is 7.35. The maximum Gasteiger partial charge on any atom is 0.220 e. The second-order valence-electron chi connectivity index (χ2n) is 5.75. The van der Waals surface area contributed by atoms with E-state index in [1.165, 1.54) is 24.1 Å². The summed E-state index contributed by atoms with van der Waals surface area (Å²) in [5.41, 5.74) is 5.97. The normalized spacial score (nSPS) is 17.0. The molecule has 21 heavy (non-hydrogen) atoms. The van der Waals surface area contributed by atoms with Crippen LogP contribution >= 0.6 is 35.3 Å². The summed E-state index contributed by atoms with van der Waals surface area (Å²) in [6.45, 7) is 1.30. The SMILES string of the molecule is Cl.NCC1(CC(=O)NCCc2ccc(Cl)s2)CCCCC1. The highest BCUT2D eigenvalue weighted by atomic mass is 35.5. The Balaban J connectivity index is 0.00000220. The Bertz CT molecular complexity index is 445. The van der Waals surface area contributed by atoms with Gasteiger partial charge in [-0.25, -0.2) is 0 Å². The molecule has 1 amide bonds. The van der Waals surface area contributed by atoms with Crippen LogP contribution in [0.4, 0.5) is 0 Å². The van der Waals surface area contributed by atoms with Gasteiger partial charge < -0.3 is 11.1 Å². The van der Waals surface area contributed by atoms with Crippen molar-refractivity contribution < 1.29 is 4.79 Å². The Morgan fingerprint density at radius 2 is 2.05 bits per heavy atom. The third-order valence-electron chi connectivity index (χ3n) is 4.21. The van der Waals surface area contributed by atoms with Gasteiger partial charge in [-0.3, -0.25) is 4.79 Å². The first-order valence-corrected chi connectivity index (χ1v) is 8.54. The number of carbonyl (C=O) groups excluding carboxylic acids is 1. The van der Waals surface area contributed by atoms with Gasteiger partial charge in [-0.15, -0.1) is 23.7 Å². The Kier molecular flexibility index (Phi) is 8.03. The van der Waals surface area contributed by atoms with Crippen molar-refractivity contribution in [3.8, 4) is 0 Å². The number of hydrogen-bond donors (Lipinski definition) is 2. The lowest BCUT2D eigenvalue weighted by Gasteiger charge is -2.35. The van der Waals surface area contributed by atoms with Crippen molar-refractivity contribution in [2.45, 2.75) is 44.9 Å². The maximum absolute atomic E-state index is 12.1. The first-order chi connectivity index (χ1) is 9.63. The van der Waals surface area contributed by atoms with Crippen molar-refractivity contribution in [3.63, 3.8) is 0 Å². The largest absolute Gasteiger partial charge is 0.356 e. The van der Waals surface area contributed by atoms with Crippen LogP contribution in [0.2, 0.25) is 4.34 Å². The van der Waals surface area contributed by atoms with E-state index in [0.29, 0.717) is 19.5 Å². The summed E-state index contributed by atoms with van der Waals surface area (Å²) in [6, 6.07) is 3.91. The molecule has 0 spiro atoms. The minimum Gasteiger partial charge on any atom is -0.356 e. The van der Waals surface area contributed by atoms with Gasteiger partial charge in [0.2, 0.25) is 5.91 Å². The Morgan fingerprint density at radius 3 is 2.62 bits per heavy atom. The Morgan fingerprint density at radius 1 is 1.33 bits per heavy atom. The standard InChI is InChI=1S/C15H23ClN2OS.ClH/c16-13-5-4-12(20-13)6-9-18-14(19)10-15(11-17)7-2-1-3-8-15;/h4-5H,1-3,6-11,17H2,(H,18,19);1H. The molecular weight excluding hydrogens is 327 g/mol. The summed E-state index contributed by atoms with van der Waals surface area (Å²) in [5, 5.41) is 3.02. The average Bonchev–Trinajstić information content (AvgIpc) is 2.85. The molecule has 1 aromatic heterocycles. The minimum atomic E-state index is 0. The van der Waals surface area contributed by atoms with E-state index in [1.807, 2.05) is 12.1 Å². The molecule has 0 bridgehead atoms. The molecule has 0 saturated heterocycles. The molecule has 0 radical (unpaired) electrons. The van der Waals surface area contributed by atoms with Crippen LogP contribution in [0.3, 0.4) is 0 Å². The van der Waals surface area contributed by atoms with Gasteiger partial charge in [0.15, 0.2) is 0 Å². The molecule has 2 rings (SSSR count). The van der Waals surface area contributed by atoms with Gasteiger partial charge in [0.1, 0.15) is 0 Å². The van der Waals surface area contributed by atoms with E-state index < -0.39 is 0 Å². The zero-order valence-electron chi connectivity index (χ0n) is 12.2. The third kappa shape index (κ3) is 5.78. The van der Waals surface area contributed by atoms with Gasteiger partial charge in [0.25, 0.3) is 0 Å². The molecule has 0 aromatic carbocycles. The van der Waals surface area contributed by atoms with Crippen LogP contribution in [0.15, 0.2) is 12.1 Å². The van der Waals surface area contributed by atoms with Crippen molar-refractivity contribution in [1.82, 2.24) is 5.32 Å². The van der Waals surface area contributed by atoms with Gasteiger partial charge in [0.05, 0.1) is 4.34 Å². The molecule has 120 valence electrons. The van der Waals surface area contributed by atoms with Crippen LogP contribution in [0.25, 0.3) is 0 Å². The summed E-state index contributed by atoms with van der Waals surface area (Å²) >= 11 is 7.46. The molecule has 1 aliphatic carbocycles. The van der Waals surface area contributed by atoms with Gasteiger partial charge in [-0.1, -0.05) is 30.9 Å². The Labute approximate surface area is 142 Å².